The zero-order chi connectivity index (χ0) is 21.5. The van der Waals surface area contributed by atoms with E-state index in [4.69, 9.17) is 14.3 Å². The van der Waals surface area contributed by atoms with Gasteiger partial charge in [0.25, 0.3) is 10.1 Å². The van der Waals surface area contributed by atoms with E-state index in [1.165, 1.54) is 16.7 Å². The number of hydrogen-bond acceptors (Lipinski definition) is 3. The minimum Gasteiger partial charge on any atom is -0.323 e. The van der Waals surface area contributed by atoms with E-state index in [2.05, 4.69) is 36.4 Å². The summed E-state index contributed by atoms with van der Waals surface area (Å²) in [6, 6.07) is 18.6. The first-order valence-electron chi connectivity index (χ1n) is 9.39. The Morgan fingerprint density at radius 3 is 2.17 bits per heavy atom. The zero-order valence-corrected chi connectivity index (χ0v) is 18.0. The number of unbranched alkanes of at least 4 members (excludes halogenated alkanes) is 1. The van der Waals surface area contributed by atoms with E-state index in [-0.39, 0.29) is 12.8 Å². The van der Waals surface area contributed by atoms with Crippen LogP contribution in [0.3, 0.4) is 0 Å². The van der Waals surface area contributed by atoms with Gasteiger partial charge in [0.05, 0.1) is 0 Å². The summed E-state index contributed by atoms with van der Waals surface area (Å²) in [4.78, 5) is 16.1. The molecule has 0 saturated carbocycles. The van der Waals surface area contributed by atoms with Crippen molar-refractivity contribution in [2.24, 2.45) is 0 Å². The van der Waals surface area contributed by atoms with Gasteiger partial charge in [-0.2, -0.15) is 8.42 Å². The first-order valence-corrected chi connectivity index (χ1v) is 12.6. The minimum atomic E-state index is -4.90. The summed E-state index contributed by atoms with van der Waals surface area (Å²) in [5.74, 6) is 0. The Balaban J connectivity index is 1.82. The second-order valence-electron chi connectivity index (χ2n) is 7.10. The first kappa shape index (κ1) is 23.5. The number of allylic oxidation sites excluding steroid dienone is 2. The van der Waals surface area contributed by atoms with E-state index in [9.17, 15) is 13.0 Å². The van der Waals surface area contributed by atoms with Gasteiger partial charge in [-0.25, -0.2) is 0 Å². The molecule has 6 nitrogen and oxygen atoms in total. The molecule has 0 spiro atoms. The molecular weight excluding hydrogens is 411 g/mol. The van der Waals surface area contributed by atoms with E-state index in [1.807, 2.05) is 31.2 Å². The molecule has 0 saturated heterocycles. The largest absolute Gasteiger partial charge is 0.346 e. The van der Waals surface area contributed by atoms with E-state index >= 15 is 0 Å². The molecular formula is C21H27O6PS. The fourth-order valence-corrected chi connectivity index (χ4v) is 5.44. The Labute approximate surface area is 172 Å². The topological polar surface area (TPSA) is 112 Å². The van der Waals surface area contributed by atoms with Gasteiger partial charge in [-0.1, -0.05) is 66.2 Å². The molecule has 0 amide bonds. The fraction of sp³-hybridized carbons (Fsp3) is 0.333. The standard InChI is InChI=1S/C21H27O6PS/c1-17(7-5-6-10-21(28(22,23)24)29(25,26)27)11-12-18-13-15-20(16-14-18)19-8-3-2-4-9-19/h2-4,7-9,13-16,21H,5-6,10-12H2,1H3,(H2,22,23,24)(H,25,26,27). The van der Waals surface area contributed by atoms with Crippen molar-refractivity contribution < 1.29 is 27.3 Å². The van der Waals surface area contributed by atoms with Crippen LogP contribution < -0.4 is 0 Å². The lowest BCUT2D eigenvalue weighted by molar-refractivity contribution is 0.360. The van der Waals surface area contributed by atoms with Gasteiger partial charge in [0, 0.05) is 0 Å². The van der Waals surface area contributed by atoms with Crippen LogP contribution in [0, 0.1) is 0 Å². The molecule has 158 valence electrons. The van der Waals surface area contributed by atoms with E-state index < -0.39 is 22.7 Å². The van der Waals surface area contributed by atoms with Gasteiger partial charge in [0.15, 0.2) is 4.99 Å². The van der Waals surface area contributed by atoms with Crippen LogP contribution in [0.1, 0.15) is 38.2 Å². The lowest BCUT2D eigenvalue weighted by Gasteiger charge is -2.14. The predicted molar refractivity (Wildman–Crippen MR) is 115 cm³/mol. The molecule has 2 aromatic rings. The van der Waals surface area contributed by atoms with Crippen LogP contribution in [0.15, 0.2) is 66.2 Å². The summed E-state index contributed by atoms with van der Waals surface area (Å²) in [7, 11) is -9.68. The van der Waals surface area contributed by atoms with Gasteiger partial charge in [-0.15, -0.1) is 0 Å². The average molecular weight is 438 g/mol. The average Bonchev–Trinajstić information content (AvgIpc) is 2.65. The van der Waals surface area contributed by atoms with Crippen LogP contribution in [0.2, 0.25) is 0 Å². The molecule has 3 N–H and O–H groups in total. The van der Waals surface area contributed by atoms with Gasteiger partial charge < -0.3 is 9.79 Å². The molecule has 0 bridgehead atoms. The molecule has 0 aliphatic carbocycles. The molecule has 2 aromatic carbocycles. The molecule has 1 atom stereocenters. The highest BCUT2D eigenvalue weighted by atomic mass is 32.2. The lowest BCUT2D eigenvalue weighted by Crippen LogP contribution is -2.20. The number of hydrogen-bond donors (Lipinski definition) is 3. The number of rotatable bonds is 10. The lowest BCUT2D eigenvalue weighted by atomic mass is 10.0. The highest BCUT2D eigenvalue weighted by Gasteiger charge is 2.38. The summed E-state index contributed by atoms with van der Waals surface area (Å²) in [6.45, 7) is 1.97. The van der Waals surface area contributed by atoms with Gasteiger partial charge in [0.1, 0.15) is 0 Å². The van der Waals surface area contributed by atoms with Crippen LogP contribution in [-0.2, 0) is 21.1 Å². The molecule has 1 unspecified atom stereocenters. The fourth-order valence-electron chi connectivity index (χ4n) is 3.07. The summed E-state index contributed by atoms with van der Waals surface area (Å²) < 4.78 is 42.5. The maximum atomic E-state index is 11.2. The minimum absolute atomic E-state index is 0.263. The van der Waals surface area contributed by atoms with E-state index in [0.717, 1.165) is 18.4 Å². The van der Waals surface area contributed by atoms with Crippen molar-refractivity contribution in [3.63, 3.8) is 0 Å². The van der Waals surface area contributed by atoms with Crippen LogP contribution in [-0.4, -0.2) is 27.7 Å². The molecule has 2 rings (SSSR count). The van der Waals surface area contributed by atoms with Crippen molar-refractivity contribution in [2.45, 2.75) is 44.0 Å². The van der Waals surface area contributed by atoms with Gasteiger partial charge in [0.2, 0.25) is 0 Å². The Morgan fingerprint density at radius 2 is 1.62 bits per heavy atom. The van der Waals surface area contributed by atoms with Gasteiger partial charge in [-0.3, -0.25) is 9.12 Å². The monoisotopic (exact) mass is 438 g/mol. The van der Waals surface area contributed by atoms with Crippen LogP contribution in [0.25, 0.3) is 11.1 Å². The summed E-state index contributed by atoms with van der Waals surface area (Å²) in [5, 5.41) is 0. The first-order chi connectivity index (χ1) is 13.6. The number of benzene rings is 2. The maximum absolute atomic E-state index is 11.2. The predicted octanol–water partition coefficient (Wildman–Crippen LogP) is 4.79. The summed E-state index contributed by atoms with van der Waals surface area (Å²) in [5.41, 5.74) is 4.68. The molecule has 0 radical (unpaired) electrons. The molecule has 8 heteroatoms. The van der Waals surface area contributed by atoms with Gasteiger partial charge in [-0.05, 0) is 55.7 Å². The van der Waals surface area contributed by atoms with E-state index in [1.54, 1.807) is 0 Å². The second-order valence-corrected chi connectivity index (χ2v) is 10.9. The molecule has 0 fully saturated rings. The highest BCUT2D eigenvalue weighted by molar-refractivity contribution is 7.93. The Hall–Kier alpha value is -1.76. The van der Waals surface area contributed by atoms with Gasteiger partial charge >= 0.3 is 7.60 Å². The molecule has 29 heavy (non-hydrogen) atoms. The SMILES string of the molecule is CC(=CCCCC(P(=O)(O)O)S(=O)(=O)O)CCc1ccc(-c2ccccc2)cc1. The highest BCUT2D eigenvalue weighted by Crippen LogP contribution is 2.46. The Kier molecular flexibility index (Phi) is 8.37. The number of aryl methyl sites for hydroxylation is 1. The molecule has 0 aliphatic rings. The third kappa shape index (κ3) is 7.88. The smallest absolute Gasteiger partial charge is 0.323 e. The van der Waals surface area contributed by atoms with Crippen molar-refractivity contribution in [2.75, 3.05) is 0 Å². The molecule has 0 aromatic heterocycles. The molecule has 0 aliphatic heterocycles. The normalized spacial score (nSPS) is 14.0. The van der Waals surface area contributed by atoms with Crippen molar-refractivity contribution in [3.05, 3.63) is 71.8 Å². The Bertz CT molecular complexity index is 962. The van der Waals surface area contributed by atoms with Crippen molar-refractivity contribution in [1.82, 2.24) is 0 Å². The van der Waals surface area contributed by atoms with Crippen LogP contribution in [0.5, 0.6) is 0 Å². The maximum Gasteiger partial charge on any atom is 0.346 e. The van der Waals surface area contributed by atoms with Crippen molar-refractivity contribution in [3.8, 4) is 11.1 Å². The summed E-state index contributed by atoms with van der Waals surface area (Å²) in [6.07, 6.45) is 4.12. The second kappa shape index (κ2) is 10.3. The van der Waals surface area contributed by atoms with E-state index in [0.29, 0.717) is 6.42 Å². The third-order valence-electron chi connectivity index (χ3n) is 4.74. The quantitative estimate of drug-likeness (QED) is 0.213. The van der Waals surface area contributed by atoms with Crippen molar-refractivity contribution >= 4 is 17.7 Å². The van der Waals surface area contributed by atoms with Crippen LogP contribution in [0.4, 0.5) is 0 Å². The zero-order valence-electron chi connectivity index (χ0n) is 16.3. The summed E-state index contributed by atoms with van der Waals surface area (Å²) >= 11 is 0. The van der Waals surface area contributed by atoms with Crippen molar-refractivity contribution in [1.29, 1.82) is 0 Å². The molecule has 0 heterocycles. The van der Waals surface area contributed by atoms with Crippen LogP contribution >= 0.6 is 7.60 Å². The third-order valence-corrected chi connectivity index (χ3v) is 8.29. The Morgan fingerprint density at radius 1 is 1.03 bits per heavy atom.